The fourth-order valence-corrected chi connectivity index (χ4v) is 3.57. The van der Waals surface area contributed by atoms with Crippen LogP contribution in [0.25, 0.3) is 0 Å². The molecule has 0 aliphatic heterocycles. The number of rotatable bonds is 3. The quantitative estimate of drug-likeness (QED) is 0.785. The summed E-state index contributed by atoms with van der Waals surface area (Å²) >= 11 is 0. The Kier molecular flexibility index (Phi) is 4.85. The number of hydrogen-bond donors (Lipinski definition) is 0. The summed E-state index contributed by atoms with van der Waals surface area (Å²) in [5.74, 6) is 2.80. The van der Waals surface area contributed by atoms with E-state index >= 15 is 0 Å². The van der Waals surface area contributed by atoms with Crippen LogP contribution in [0.15, 0.2) is 67.0 Å². The molecule has 3 heteroatoms. The van der Waals surface area contributed by atoms with Crippen molar-refractivity contribution >= 4 is 0 Å². The lowest BCUT2D eigenvalue weighted by Crippen LogP contribution is -2.33. The van der Waals surface area contributed by atoms with Crippen molar-refractivity contribution < 1.29 is 0 Å². The van der Waals surface area contributed by atoms with Crippen LogP contribution >= 0.6 is 0 Å². The van der Waals surface area contributed by atoms with Gasteiger partial charge in [0.1, 0.15) is 18.0 Å². The van der Waals surface area contributed by atoms with Crippen LogP contribution in [0.1, 0.15) is 51.7 Å². The van der Waals surface area contributed by atoms with Gasteiger partial charge in [-0.2, -0.15) is 0 Å². The molecule has 4 rings (SSSR count). The van der Waals surface area contributed by atoms with E-state index in [4.69, 9.17) is 4.98 Å². The zero-order valence-electron chi connectivity index (χ0n) is 15.6. The van der Waals surface area contributed by atoms with Gasteiger partial charge in [0.25, 0.3) is 0 Å². The SMILES string of the molecule is CC(C)c1ncnc(C(C)(C)C23C=CC=CC2C3)n1.c1ccccc1. The molecule has 3 nitrogen and oxygen atoms in total. The van der Waals surface area contributed by atoms with E-state index in [-0.39, 0.29) is 10.8 Å². The number of nitrogens with zero attached hydrogens (tertiary/aromatic N) is 3. The van der Waals surface area contributed by atoms with Gasteiger partial charge in [0.15, 0.2) is 0 Å². The molecule has 2 aromatic rings. The standard InChI is InChI=1S/C16H21N3.C6H6/c1-11(2)13-17-10-18-14(19-13)15(3,4)16-8-6-5-7-12(16)9-16;1-2-4-6-5-3-1/h5-8,10-12H,9H2,1-4H3;1-6H. The smallest absolute Gasteiger partial charge is 0.138 e. The maximum Gasteiger partial charge on any atom is 0.138 e. The van der Waals surface area contributed by atoms with Crippen LogP contribution in [0, 0.1) is 11.3 Å². The second-order valence-corrected chi connectivity index (χ2v) is 7.70. The molecule has 2 atom stereocenters. The highest BCUT2D eigenvalue weighted by atomic mass is 15.0. The summed E-state index contributed by atoms with van der Waals surface area (Å²) in [6, 6.07) is 12.0. The van der Waals surface area contributed by atoms with E-state index in [9.17, 15) is 0 Å². The summed E-state index contributed by atoms with van der Waals surface area (Å²) in [5, 5.41) is 0. The minimum atomic E-state index is -0.0501. The molecule has 0 saturated heterocycles. The second-order valence-electron chi connectivity index (χ2n) is 7.70. The molecule has 130 valence electrons. The largest absolute Gasteiger partial charge is 0.221 e. The van der Waals surface area contributed by atoms with Crippen LogP contribution in [0.2, 0.25) is 0 Å². The fourth-order valence-electron chi connectivity index (χ4n) is 3.57. The predicted molar refractivity (Wildman–Crippen MR) is 102 cm³/mol. The highest BCUT2D eigenvalue weighted by molar-refractivity contribution is 5.37. The van der Waals surface area contributed by atoms with Crippen molar-refractivity contribution in [2.75, 3.05) is 0 Å². The van der Waals surface area contributed by atoms with Gasteiger partial charge in [-0.05, 0) is 12.3 Å². The Labute approximate surface area is 151 Å². The normalized spacial score (nSPS) is 23.6. The molecule has 2 aliphatic carbocycles. The van der Waals surface area contributed by atoms with Gasteiger partial charge in [0.2, 0.25) is 0 Å². The Bertz CT molecular complexity index is 735. The maximum absolute atomic E-state index is 4.71. The molecule has 2 unspecified atom stereocenters. The van der Waals surface area contributed by atoms with Crippen molar-refractivity contribution in [3.63, 3.8) is 0 Å². The highest BCUT2D eigenvalue weighted by Crippen LogP contribution is 2.66. The summed E-state index contributed by atoms with van der Waals surface area (Å²) in [6.07, 6.45) is 11.8. The monoisotopic (exact) mass is 333 g/mol. The van der Waals surface area contributed by atoms with E-state index in [1.54, 1.807) is 6.33 Å². The molecule has 25 heavy (non-hydrogen) atoms. The van der Waals surface area contributed by atoms with Gasteiger partial charge in [-0.3, -0.25) is 0 Å². The molecule has 0 amide bonds. The summed E-state index contributed by atoms with van der Waals surface area (Å²) < 4.78 is 0. The lowest BCUT2D eigenvalue weighted by atomic mass is 9.72. The first-order valence-electron chi connectivity index (χ1n) is 9.03. The summed E-state index contributed by atoms with van der Waals surface area (Å²) in [4.78, 5) is 13.5. The van der Waals surface area contributed by atoms with E-state index in [1.807, 2.05) is 36.4 Å². The first kappa shape index (κ1) is 17.5. The van der Waals surface area contributed by atoms with Gasteiger partial charge in [-0.1, -0.05) is 88.4 Å². The van der Waals surface area contributed by atoms with Crippen molar-refractivity contribution in [3.8, 4) is 0 Å². The summed E-state index contributed by atoms with van der Waals surface area (Å²) in [6.45, 7) is 8.76. The Balaban J connectivity index is 0.000000258. The molecule has 0 bridgehead atoms. The lowest BCUT2D eigenvalue weighted by Gasteiger charge is -2.33. The first-order valence-corrected chi connectivity index (χ1v) is 9.03. The van der Waals surface area contributed by atoms with Crippen molar-refractivity contribution in [3.05, 3.63) is 78.7 Å². The summed E-state index contributed by atoms with van der Waals surface area (Å²) in [5.41, 5.74) is 0.156. The third-order valence-electron chi connectivity index (χ3n) is 5.40. The molecule has 0 spiro atoms. The fraction of sp³-hybridized carbons (Fsp3) is 0.409. The minimum absolute atomic E-state index is 0.0501. The molecule has 1 aromatic heterocycles. The average molecular weight is 333 g/mol. The minimum Gasteiger partial charge on any atom is -0.221 e. The van der Waals surface area contributed by atoms with E-state index in [0.717, 1.165) is 11.6 Å². The van der Waals surface area contributed by atoms with Gasteiger partial charge in [0, 0.05) is 16.7 Å². The van der Waals surface area contributed by atoms with Crippen molar-refractivity contribution in [1.29, 1.82) is 0 Å². The van der Waals surface area contributed by atoms with Crippen LogP contribution < -0.4 is 0 Å². The molecular weight excluding hydrogens is 306 g/mol. The molecule has 2 aliphatic rings. The highest BCUT2D eigenvalue weighted by Gasteiger charge is 2.62. The molecule has 1 fully saturated rings. The first-order chi connectivity index (χ1) is 12.0. The molecule has 0 radical (unpaired) electrons. The molecular formula is C22H27N3. The zero-order valence-corrected chi connectivity index (χ0v) is 15.6. The lowest BCUT2D eigenvalue weighted by molar-refractivity contribution is 0.321. The van der Waals surface area contributed by atoms with Crippen molar-refractivity contribution in [2.24, 2.45) is 11.3 Å². The van der Waals surface area contributed by atoms with Crippen LogP contribution in [0.4, 0.5) is 0 Å². The Morgan fingerprint density at radius 1 is 1.00 bits per heavy atom. The van der Waals surface area contributed by atoms with E-state index < -0.39 is 0 Å². The van der Waals surface area contributed by atoms with Gasteiger partial charge < -0.3 is 0 Å². The number of hydrogen-bond acceptors (Lipinski definition) is 3. The van der Waals surface area contributed by atoms with E-state index in [0.29, 0.717) is 11.8 Å². The number of aromatic nitrogens is 3. The predicted octanol–water partition coefficient (Wildman–Crippen LogP) is 5.09. The zero-order chi connectivity index (χ0) is 17.9. The molecule has 1 aromatic carbocycles. The van der Waals surface area contributed by atoms with Gasteiger partial charge >= 0.3 is 0 Å². The molecule has 1 saturated carbocycles. The topological polar surface area (TPSA) is 38.7 Å². The van der Waals surface area contributed by atoms with E-state index in [2.05, 4.69) is 62.0 Å². The van der Waals surface area contributed by atoms with Gasteiger partial charge in [-0.25, -0.2) is 15.0 Å². The average Bonchev–Trinajstić information content (AvgIpc) is 3.40. The molecule has 0 N–H and O–H groups in total. The number of allylic oxidation sites excluding steroid dienone is 4. The Morgan fingerprint density at radius 2 is 1.64 bits per heavy atom. The second kappa shape index (κ2) is 6.91. The van der Waals surface area contributed by atoms with Crippen molar-refractivity contribution in [2.45, 2.75) is 45.4 Å². The Hall–Kier alpha value is -2.29. The van der Waals surface area contributed by atoms with Crippen LogP contribution in [0.3, 0.4) is 0 Å². The summed E-state index contributed by atoms with van der Waals surface area (Å²) in [7, 11) is 0. The number of fused-ring (bicyclic) bond motifs is 1. The van der Waals surface area contributed by atoms with Crippen LogP contribution in [-0.2, 0) is 5.41 Å². The third-order valence-corrected chi connectivity index (χ3v) is 5.40. The van der Waals surface area contributed by atoms with Crippen LogP contribution in [0.5, 0.6) is 0 Å². The van der Waals surface area contributed by atoms with Crippen molar-refractivity contribution in [1.82, 2.24) is 15.0 Å². The Morgan fingerprint density at radius 3 is 2.20 bits per heavy atom. The van der Waals surface area contributed by atoms with Crippen LogP contribution in [-0.4, -0.2) is 15.0 Å². The van der Waals surface area contributed by atoms with Gasteiger partial charge in [0.05, 0.1) is 0 Å². The maximum atomic E-state index is 4.71. The third kappa shape index (κ3) is 3.41. The van der Waals surface area contributed by atoms with E-state index in [1.165, 1.54) is 6.42 Å². The number of benzene rings is 1. The van der Waals surface area contributed by atoms with Gasteiger partial charge in [-0.15, -0.1) is 0 Å². The molecule has 1 heterocycles.